The van der Waals surface area contributed by atoms with Gasteiger partial charge in [-0.1, -0.05) is 54.3 Å². The Morgan fingerprint density at radius 2 is 1.54 bits per heavy atom. The Morgan fingerprint density at radius 1 is 0.857 bits per heavy atom. The average molecular weight is 464 g/mol. The van der Waals surface area contributed by atoms with Crippen LogP contribution in [0, 0.1) is 11.8 Å². The minimum atomic E-state index is -0.0844. The maximum absolute atomic E-state index is 13.1. The van der Waals surface area contributed by atoms with Gasteiger partial charge in [0.1, 0.15) is 5.75 Å². The standard InChI is InChI=1S/C30H29N3O2/c1-35-27-17-15-26(16-18-27)31-30(34)33-20-6-5-19-32-21-28(29(32)22-33)25-13-11-24(12-14-25)10-9-23-7-3-2-4-8-23/h2-8,11-18,28-29H,19-22H2,1H3,(H,31,34). The number of carbonyl (C=O) groups excluding carboxylic acids is 1. The molecule has 2 heterocycles. The summed E-state index contributed by atoms with van der Waals surface area (Å²) in [4.78, 5) is 17.4. The molecule has 2 aliphatic heterocycles. The molecule has 3 aromatic carbocycles. The Bertz CT molecular complexity index is 1240. The lowest BCUT2D eigenvalue weighted by Gasteiger charge is -2.50. The first-order valence-electron chi connectivity index (χ1n) is 12.0. The van der Waals surface area contributed by atoms with E-state index in [0.717, 1.165) is 35.7 Å². The van der Waals surface area contributed by atoms with Crippen LogP contribution in [-0.4, -0.2) is 55.2 Å². The zero-order chi connectivity index (χ0) is 24.0. The largest absolute Gasteiger partial charge is 0.497 e. The number of rotatable bonds is 3. The van der Waals surface area contributed by atoms with Gasteiger partial charge in [0.05, 0.1) is 7.11 Å². The molecule has 0 aromatic heterocycles. The van der Waals surface area contributed by atoms with Crippen LogP contribution in [-0.2, 0) is 0 Å². The van der Waals surface area contributed by atoms with E-state index in [-0.39, 0.29) is 6.03 Å². The fraction of sp³-hybridized carbons (Fsp3) is 0.233. The van der Waals surface area contributed by atoms with Crippen molar-refractivity contribution in [2.75, 3.05) is 38.6 Å². The van der Waals surface area contributed by atoms with Gasteiger partial charge >= 0.3 is 6.03 Å². The molecule has 5 rings (SSSR count). The first kappa shape index (κ1) is 22.8. The number of ether oxygens (including phenoxy) is 1. The van der Waals surface area contributed by atoms with Crippen LogP contribution >= 0.6 is 0 Å². The summed E-state index contributed by atoms with van der Waals surface area (Å²) in [6, 6.07) is 26.2. The van der Waals surface area contributed by atoms with Gasteiger partial charge in [-0.3, -0.25) is 4.90 Å². The Morgan fingerprint density at radius 3 is 2.26 bits per heavy atom. The normalized spacial score (nSPS) is 19.3. The third kappa shape index (κ3) is 5.40. The third-order valence-corrected chi connectivity index (χ3v) is 6.70. The van der Waals surface area contributed by atoms with E-state index < -0.39 is 0 Å². The molecule has 0 spiro atoms. The second-order valence-corrected chi connectivity index (χ2v) is 8.90. The number of anilines is 1. The van der Waals surface area contributed by atoms with Gasteiger partial charge in [0.25, 0.3) is 0 Å². The zero-order valence-corrected chi connectivity index (χ0v) is 19.9. The summed E-state index contributed by atoms with van der Waals surface area (Å²) in [6.07, 6.45) is 4.25. The molecule has 1 saturated heterocycles. The second kappa shape index (κ2) is 10.5. The summed E-state index contributed by atoms with van der Waals surface area (Å²) >= 11 is 0. The van der Waals surface area contributed by atoms with Crippen molar-refractivity contribution in [3.63, 3.8) is 0 Å². The summed E-state index contributed by atoms with van der Waals surface area (Å²) < 4.78 is 5.20. The second-order valence-electron chi connectivity index (χ2n) is 8.90. The van der Waals surface area contributed by atoms with Crippen LogP contribution in [0.25, 0.3) is 0 Å². The lowest BCUT2D eigenvalue weighted by Crippen LogP contribution is -2.60. The quantitative estimate of drug-likeness (QED) is 0.441. The Kier molecular flexibility index (Phi) is 6.83. The minimum Gasteiger partial charge on any atom is -0.497 e. The topological polar surface area (TPSA) is 44.8 Å². The van der Waals surface area contributed by atoms with Crippen LogP contribution in [0.4, 0.5) is 10.5 Å². The molecule has 2 atom stereocenters. The van der Waals surface area contributed by atoms with Crippen molar-refractivity contribution < 1.29 is 9.53 Å². The van der Waals surface area contributed by atoms with Gasteiger partial charge in [0, 0.05) is 55.0 Å². The molecular formula is C30H29N3O2. The molecule has 5 heteroatoms. The van der Waals surface area contributed by atoms with E-state index in [0.29, 0.717) is 25.0 Å². The van der Waals surface area contributed by atoms with Crippen LogP contribution in [0.3, 0.4) is 0 Å². The molecule has 3 aromatic rings. The van der Waals surface area contributed by atoms with E-state index in [2.05, 4.69) is 58.5 Å². The van der Waals surface area contributed by atoms with Crippen LogP contribution < -0.4 is 10.1 Å². The van der Waals surface area contributed by atoms with E-state index in [1.807, 2.05) is 59.5 Å². The maximum atomic E-state index is 13.1. The number of hydrogen-bond donors (Lipinski definition) is 1. The molecule has 176 valence electrons. The number of amides is 2. The molecule has 35 heavy (non-hydrogen) atoms. The highest BCUT2D eigenvalue weighted by molar-refractivity contribution is 5.89. The van der Waals surface area contributed by atoms with Crippen molar-refractivity contribution in [2.45, 2.75) is 12.0 Å². The van der Waals surface area contributed by atoms with Crippen molar-refractivity contribution in [1.29, 1.82) is 0 Å². The number of benzene rings is 3. The molecule has 0 saturated carbocycles. The highest BCUT2D eigenvalue weighted by atomic mass is 16.5. The van der Waals surface area contributed by atoms with Crippen LogP contribution in [0.5, 0.6) is 5.75 Å². The summed E-state index contributed by atoms with van der Waals surface area (Å²) in [7, 11) is 1.63. The van der Waals surface area contributed by atoms with Gasteiger partial charge in [0.2, 0.25) is 0 Å². The smallest absolute Gasteiger partial charge is 0.322 e. The first-order chi connectivity index (χ1) is 17.2. The highest BCUT2D eigenvalue weighted by Crippen LogP contribution is 2.35. The number of nitrogens with zero attached hydrogens (tertiary/aromatic N) is 2. The number of methoxy groups -OCH3 is 1. The minimum absolute atomic E-state index is 0.0844. The molecular weight excluding hydrogens is 434 g/mol. The van der Waals surface area contributed by atoms with Crippen molar-refractivity contribution in [2.24, 2.45) is 0 Å². The third-order valence-electron chi connectivity index (χ3n) is 6.70. The van der Waals surface area contributed by atoms with Gasteiger partial charge in [-0.15, -0.1) is 0 Å². The van der Waals surface area contributed by atoms with Gasteiger partial charge in [-0.05, 0) is 54.1 Å². The van der Waals surface area contributed by atoms with Crippen molar-refractivity contribution in [3.8, 4) is 17.6 Å². The first-order valence-corrected chi connectivity index (χ1v) is 12.0. The van der Waals surface area contributed by atoms with E-state index in [1.54, 1.807) is 7.11 Å². The number of carbonyl (C=O) groups is 1. The predicted octanol–water partition coefficient (Wildman–Crippen LogP) is 4.97. The molecule has 2 aliphatic rings. The average Bonchev–Trinajstić information content (AvgIpc) is 2.88. The lowest BCUT2D eigenvalue weighted by atomic mass is 9.81. The van der Waals surface area contributed by atoms with E-state index in [1.165, 1.54) is 5.56 Å². The number of nitrogens with one attached hydrogen (secondary N) is 1. The van der Waals surface area contributed by atoms with E-state index in [9.17, 15) is 4.79 Å². The summed E-state index contributed by atoms with van der Waals surface area (Å²) in [5.74, 6) is 7.63. The zero-order valence-electron chi connectivity index (χ0n) is 19.9. The molecule has 5 nitrogen and oxygen atoms in total. The summed E-state index contributed by atoms with van der Waals surface area (Å²) in [5.41, 5.74) is 4.09. The highest BCUT2D eigenvalue weighted by Gasteiger charge is 2.41. The lowest BCUT2D eigenvalue weighted by molar-refractivity contribution is 0.0496. The van der Waals surface area contributed by atoms with Crippen molar-refractivity contribution >= 4 is 11.7 Å². The Balaban J connectivity index is 1.25. The molecule has 0 radical (unpaired) electrons. The fourth-order valence-electron chi connectivity index (χ4n) is 4.64. The van der Waals surface area contributed by atoms with Crippen LogP contribution in [0.1, 0.15) is 22.6 Å². The summed E-state index contributed by atoms with van der Waals surface area (Å²) in [5, 5.41) is 3.02. The van der Waals surface area contributed by atoms with Crippen molar-refractivity contribution in [3.05, 3.63) is 108 Å². The fourth-order valence-corrected chi connectivity index (χ4v) is 4.64. The van der Waals surface area contributed by atoms with Gasteiger partial charge in [-0.25, -0.2) is 4.79 Å². The molecule has 0 bridgehead atoms. The van der Waals surface area contributed by atoms with E-state index in [4.69, 9.17) is 4.74 Å². The number of hydrogen-bond acceptors (Lipinski definition) is 3. The van der Waals surface area contributed by atoms with Crippen molar-refractivity contribution in [1.82, 2.24) is 9.80 Å². The van der Waals surface area contributed by atoms with Crippen LogP contribution in [0.2, 0.25) is 0 Å². The van der Waals surface area contributed by atoms with Gasteiger partial charge < -0.3 is 15.0 Å². The molecule has 0 aliphatic carbocycles. The maximum Gasteiger partial charge on any atom is 0.322 e. The molecule has 1 fully saturated rings. The molecule has 1 N–H and O–H groups in total. The molecule has 2 unspecified atom stereocenters. The van der Waals surface area contributed by atoms with Gasteiger partial charge in [0.15, 0.2) is 0 Å². The Labute approximate surface area is 207 Å². The SMILES string of the molecule is COc1ccc(NC(=O)N2CC=CCN3CC(c4ccc(C#Cc5ccccc5)cc4)C3C2)cc1. The number of urea groups is 1. The summed E-state index contributed by atoms with van der Waals surface area (Å²) in [6.45, 7) is 3.22. The predicted molar refractivity (Wildman–Crippen MR) is 140 cm³/mol. The van der Waals surface area contributed by atoms with E-state index >= 15 is 0 Å². The number of fused-ring (bicyclic) bond motifs is 1. The van der Waals surface area contributed by atoms with Crippen LogP contribution in [0.15, 0.2) is 91.0 Å². The van der Waals surface area contributed by atoms with Gasteiger partial charge in [-0.2, -0.15) is 0 Å². The molecule has 2 amide bonds. The Hall–Kier alpha value is -4.01. The monoisotopic (exact) mass is 463 g/mol.